The zero-order valence-electron chi connectivity index (χ0n) is 31.1. The fourth-order valence-electron chi connectivity index (χ4n) is 6.47. The van der Waals surface area contributed by atoms with E-state index >= 15 is 0 Å². The molecule has 0 bridgehead atoms. The molecule has 15 heteroatoms. The highest BCUT2D eigenvalue weighted by Crippen LogP contribution is 2.19. The Labute approximate surface area is 308 Å². The zero-order valence-corrected chi connectivity index (χ0v) is 31.1. The van der Waals surface area contributed by atoms with Gasteiger partial charge < -0.3 is 24.4 Å². The maximum atomic E-state index is 12.6. The molecule has 282 valence electrons. The molecule has 15 nitrogen and oxygen atoms in total. The maximum Gasteiger partial charge on any atom is 0.410 e. The fourth-order valence-corrected chi connectivity index (χ4v) is 6.47. The Morgan fingerprint density at radius 2 is 1.08 bits per heavy atom. The van der Waals surface area contributed by atoms with E-state index in [1.165, 1.54) is 20.2 Å². The van der Waals surface area contributed by atoms with Crippen molar-refractivity contribution in [3.05, 3.63) is 105 Å². The summed E-state index contributed by atoms with van der Waals surface area (Å²) in [6.07, 6.45) is 0.675. The average molecular weight is 730 g/mol. The second-order valence-corrected chi connectivity index (χ2v) is 13.4. The van der Waals surface area contributed by atoms with Gasteiger partial charge in [-0.15, -0.1) is 0 Å². The summed E-state index contributed by atoms with van der Waals surface area (Å²) in [5, 5.41) is 18.6. The minimum atomic E-state index is -1.07. The highest BCUT2D eigenvalue weighted by Gasteiger charge is 2.25. The minimum absolute atomic E-state index is 0.000420. The van der Waals surface area contributed by atoms with E-state index in [4.69, 9.17) is 19.4 Å². The van der Waals surface area contributed by atoms with Crippen LogP contribution in [0, 0.1) is 27.7 Å². The quantitative estimate of drug-likeness (QED) is 0.243. The summed E-state index contributed by atoms with van der Waals surface area (Å²) in [4.78, 5) is 56.4. The third-order valence-corrected chi connectivity index (χ3v) is 8.83. The smallest absolute Gasteiger partial charge is 0.410 e. The number of carbonyl (C=O) groups is 4. The number of fused-ring (bicyclic) bond motifs is 2. The molecule has 0 unspecified atom stereocenters. The molecule has 2 aromatic carbocycles. The monoisotopic (exact) mass is 729 g/mol. The van der Waals surface area contributed by atoms with E-state index in [1.807, 2.05) is 52.0 Å². The van der Waals surface area contributed by atoms with Crippen LogP contribution in [0.25, 0.3) is 0 Å². The fraction of sp³-hybridized carbons (Fsp3) is 0.421. The Bertz CT molecular complexity index is 1930. The lowest BCUT2D eigenvalue weighted by atomic mass is 10.1. The molecule has 2 aromatic heterocycles. The standard InChI is InChI=1S/C20H26N4O4.C18H21N3O4/c1-14-8-15(2)10-16(9-14)13-28-20(26)23-6-5-7-24-17(12-23)11-18(21-24)19(25)22(3)27-4;1-12-6-13(2)8-14(7-12)11-25-18(24)20-4-3-5-21-15(10-20)9-16(19-21)17(22)23/h8-11H,5-7,12-13H2,1-4H3;6-9H,3-5,10-11H2,1-2H3,(H,22,23). The van der Waals surface area contributed by atoms with Crippen molar-refractivity contribution in [1.29, 1.82) is 0 Å². The summed E-state index contributed by atoms with van der Waals surface area (Å²) in [5.41, 5.74) is 8.28. The first-order valence-corrected chi connectivity index (χ1v) is 17.5. The van der Waals surface area contributed by atoms with Gasteiger partial charge in [0.15, 0.2) is 11.4 Å². The van der Waals surface area contributed by atoms with Crippen LogP contribution >= 0.6 is 0 Å². The molecule has 3 amide bonds. The normalized spacial score (nSPS) is 13.8. The first-order valence-electron chi connectivity index (χ1n) is 17.5. The van der Waals surface area contributed by atoms with Crippen molar-refractivity contribution >= 4 is 24.1 Å². The molecule has 0 aliphatic carbocycles. The molecule has 0 spiro atoms. The van der Waals surface area contributed by atoms with E-state index in [1.54, 1.807) is 25.2 Å². The van der Waals surface area contributed by atoms with Crippen molar-refractivity contribution in [2.24, 2.45) is 0 Å². The minimum Gasteiger partial charge on any atom is -0.476 e. The van der Waals surface area contributed by atoms with Crippen molar-refractivity contribution < 1.29 is 38.6 Å². The number of carbonyl (C=O) groups excluding carboxylic acids is 3. The summed E-state index contributed by atoms with van der Waals surface area (Å²) in [7, 11) is 2.95. The van der Waals surface area contributed by atoms with Gasteiger partial charge in [-0.3, -0.25) is 19.0 Å². The van der Waals surface area contributed by atoms with Crippen molar-refractivity contribution in [3.63, 3.8) is 0 Å². The van der Waals surface area contributed by atoms with E-state index in [9.17, 15) is 19.2 Å². The molecule has 0 radical (unpaired) electrons. The summed E-state index contributed by atoms with van der Waals surface area (Å²) < 4.78 is 14.4. The van der Waals surface area contributed by atoms with Gasteiger partial charge in [-0.05, 0) is 63.8 Å². The molecule has 4 heterocycles. The second-order valence-electron chi connectivity index (χ2n) is 13.4. The van der Waals surface area contributed by atoms with Crippen LogP contribution < -0.4 is 0 Å². The number of hydrogen-bond acceptors (Lipinski definition) is 9. The van der Waals surface area contributed by atoms with Gasteiger partial charge in [0.05, 0.1) is 31.6 Å². The predicted molar refractivity (Wildman–Crippen MR) is 193 cm³/mol. The molecule has 6 rings (SSSR count). The van der Waals surface area contributed by atoms with Crippen molar-refractivity contribution in [2.45, 2.75) is 79.9 Å². The SMILES string of the molecule is CON(C)C(=O)c1cc2n(n1)CCCN(C(=O)OCc1cc(C)cc(C)c1)C2.Cc1cc(C)cc(COC(=O)N2CCCn3nc(C(=O)O)cc3C2)c1. The Kier molecular flexibility index (Phi) is 12.5. The van der Waals surface area contributed by atoms with Crippen LogP contribution in [-0.4, -0.2) is 90.8 Å². The summed E-state index contributed by atoms with van der Waals surface area (Å²) >= 11 is 0. The molecule has 0 atom stereocenters. The van der Waals surface area contributed by atoms with E-state index in [0.29, 0.717) is 57.1 Å². The number of carboxylic acid groups (broad SMARTS) is 1. The topological polar surface area (TPSA) is 162 Å². The summed E-state index contributed by atoms with van der Waals surface area (Å²) in [6.45, 7) is 11.5. The lowest BCUT2D eigenvalue weighted by Gasteiger charge is -2.19. The first kappa shape index (κ1) is 38.5. The molecule has 0 saturated carbocycles. The number of rotatable bonds is 7. The number of carboxylic acids is 1. The number of benzene rings is 2. The lowest BCUT2D eigenvalue weighted by molar-refractivity contribution is -0.0760. The van der Waals surface area contributed by atoms with E-state index in [-0.39, 0.29) is 30.9 Å². The molecule has 1 N–H and O–H groups in total. The number of aromatic nitrogens is 4. The molecular formula is C38H47N7O8. The van der Waals surface area contributed by atoms with Gasteiger partial charge in [0.1, 0.15) is 13.2 Å². The van der Waals surface area contributed by atoms with Crippen molar-refractivity contribution in [1.82, 2.24) is 34.4 Å². The molecule has 2 aliphatic heterocycles. The van der Waals surface area contributed by atoms with E-state index < -0.39 is 12.1 Å². The van der Waals surface area contributed by atoms with Gasteiger partial charge in [-0.25, -0.2) is 19.4 Å². The van der Waals surface area contributed by atoms with Crippen LogP contribution in [0.5, 0.6) is 0 Å². The number of nitrogens with zero attached hydrogens (tertiary/aromatic N) is 7. The van der Waals surface area contributed by atoms with Crippen LogP contribution in [0.3, 0.4) is 0 Å². The number of ether oxygens (including phenoxy) is 2. The average Bonchev–Trinajstić information content (AvgIpc) is 3.57. The van der Waals surface area contributed by atoms with E-state index in [2.05, 4.69) is 22.3 Å². The Balaban J connectivity index is 0.000000206. The van der Waals surface area contributed by atoms with Gasteiger partial charge in [0, 0.05) is 33.2 Å². The largest absolute Gasteiger partial charge is 0.476 e. The van der Waals surface area contributed by atoms with Crippen molar-refractivity contribution in [2.75, 3.05) is 27.2 Å². The summed E-state index contributed by atoms with van der Waals surface area (Å²) in [6, 6.07) is 15.4. The molecule has 53 heavy (non-hydrogen) atoms. The number of aryl methyl sites for hydroxylation is 6. The van der Waals surface area contributed by atoms with Gasteiger partial charge in [0.2, 0.25) is 0 Å². The molecule has 0 fully saturated rings. The second kappa shape index (κ2) is 17.2. The van der Waals surface area contributed by atoms with Crippen LogP contribution in [0.2, 0.25) is 0 Å². The number of hydrogen-bond donors (Lipinski definition) is 1. The van der Waals surface area contributed by atoms with Crippen LogP contribution in [0.1, 0.15) is 78.6 Å². The number of amides is 3. The zero-order chi connectivity index (χ0) is 38.2. The van der Waals surface area contributed by atoms with Gasteiger partial charge >= 0.3 is 18.2 Å². The first-order chi connectivity index (χ1) is 25.3. The van der Waals surface area contributed by atoms with Crippen LogP contribution in [-0.2, 0) is 53.7 Å². The molecule has 0 saturated heterocycles. The van der Waals surface area contributed by atoms with Crippen LogP contribution in [0.15, 0.2) is 48.5 Å². The molecule has 4 aromatic rings. The molecule has 2 aliphatic rings. The van der Waals surface area contributed by atoms with Gasteiger partial charge in [-0.1, -0.05) is 58.7 Å². The third kappa shape index (κ3) is 10.2. The van der Waals surface area contributed by atoms with Gasteiger partial charge in [-0.2, -0.15) is 10.2 Å². The highest BCUT2D eigenvalue weighted by molar-refractivity contribution is 5.91. The molecular weight excluding hydrogens is 682 g/mol. The van der Waals surface area contributed by atoms with Gasteiger partial charge in [0.25, 0.3) is 5.91 Å². The van der Waals surface area contributed by atoms with E-state index in [0.717, 1.165) is 50.6 Å². The highest BCUT2D eigenvalue weighted by atomic mass is 16.7. The Morgan fingerprint density at radius 3 is 1.49 bits per heavy atom. The lowest BCUT2D eigenvalue weighted by Crippen LogP contribution is -2.31. The van der Waals surface area contributed by atoms with Crippen molar-refractivity contribution in [3.8, 4) is 0 Å². The number of aromatic carboxylic acids is 1. The third-order valence-electron chi connectivity index (χ3n) is 8.83. The Hall–Kier alpha value is -5.70. The summed E-state index contributed by atoms with van der Waals surface area (Å²) in [5.74, 6) is -1.39. The predicted octanol–water partition coefficient (Wildman–Crippen LogP) is 5.42. The Morgan fingerprint density at radius 1 is 0.660 bits per heavy atom. The maximum absolute atomic E-state index is 12.6. The van der Waals surface area contributed by atoms with Crippen LogP contribution in [0.4, 0.5) is 9.59 Å². The number of hydroxylamine groups is 2.